The number of nitrogens with zero attached hydrogens (tertiary/aromatic N) is 2. The third-order valence-electron chi connectivity index (χ3n) is 7.39. The first-order valence-electron chi connectivity index (χ1n) is 13.1. The van der Waals surface area contributed by atoms with E-state index in [1.807, 2.05) is 96.4 Å². The van der Waals surface area contributed by atoms with Gasteiger partial charge in [0.1, 0.15) is 11.2 Å². The van der Waals surface area contributed by atoms with Crippen LogP contribution in [0.25, 0.3) is 11.1 Å². The molecule has 0 saturated carbocycles. The highest BCUT2D eigenvalue weighted by Crippen LogP contribution is 2.42. The minimum Gasteiger partial charge on any atom is -0.309 e. The number of aryl methyl sites for hydroxylation is 1. The third kappa shape index (κ3) is 4.28. The van der Waals surface area contributed by atoms with Gasteiger partial charge in [-0.25, -0.2) is 4.98 Å². The molecule has 0 amide bonds. The first-order chi connectivity index (χ1) is 19.2. The maximum atomic E-state index is 14.3. The molecule has 0 radical (unpaired) electrons. The number of carbonyl (C=O) groups is 1. The van der Waals surface area contributed by atoms with E-state index < -0.39 is 5.54 Å². The Balaban J connectivity index is 1.56. The van der Waals surface area contributed by atoms with Crippen LogP contribution in [0.15, 0.2) is 152 Å². The van der Waals surface area contributed by atoms with Gasteiger partial charge in [-0.15, -0.1) is 0 Å². The van der Waals surface area contributed by atoms with Crippen molar-refractivity contribution in [1.29, 1.82) is 0 Å². The topological polar surface area (TPSA) is 34.9 Å². The second-order valence-corrected chi connectivity index (χ2v) is 9.68. The average Bonchev–Trinajstić information content (AvgIpc) is 3.50. The largest absolute Gasteiger partial charge is 0.309 e. The van der Waals surface area contributed by atoms with Crippen LogP contribution >= 0.6 is 0 Å². The Bertz CT molecular complexity index is 1610. The van der Waals surface area contributed by atoms with Gasteiger partial charge in [0.15, 0.2) is 0 Å². The van der Waals surface area contributed by atoms with Crippen molar-refractivity contribution < 1.29 is 4.79 Å². The highest BCUT2D eigenvalue weighted by atomic mass is 16.1. The number of aromatic nitrogens is 2. The van der Waals surface area contributed by atoms with Crippen LogP contribution < -0.4 is 0 Å². The number of carbonyl (C=O) groups excluding carboxylic acids is 1. The van der Waals surface area contributed by atoms with Crippen LogP contribution in [0.2, 0.25) is 0 Å². The highest BCUT2D eigenvalue weighted by molar-refractivity contribution is 6.09. The van der Waals surface area contributed by atoms with Gasteiger partial charge in [-0.2, -0.15) is 0 Å². The van der Waals surface area contributed by atoms with Gasteiger partial charge in [-0.3, -0.25) is 4.79 Å². The molecule has 0 fully saturated rings. The van der Waals surface area contributed by atoms with E-state index in [1.54, 1.807) is 12.5 Å². The average molecular weight is 505 g/mol. The number of rotatable bonds is 7. The van der Waals surface area contributed by atoms with Crippen molar-refractivity contribution in [3.63, 3.8) is 0 Å². The molecule has 0 unspecified atom stereocenters. The third-order valence-corrected chi connectivity index (χ3v) is 7.39. The summed E-state index contributed by atoms with van der Waals surface area (Å²) in [5.74, 6) is -0.0585. The monoisotopic (exact) mass is 504 g/mol. The molecule has 0 aliphatic heterocycles. The van der Waals surface area contributed by atoms with Crippen molar-refractivity contribution in [3.05, 3.63) is 186 Å². The minimum absolute atomic E-state index is 0.0585. The summed E-state index contributed by atoms with van der Waals surface area (Å²) < 4.78 is 2.04. The molecule has 0 bridgehead atoms. The molecule has 0 atom stereocenters. The first-order valence-corrected chi connectivity index (χ1v) is 13.1. The normalized spacial score (nSPS) is 11.3. The summed E-state index contributed by atoms with van der Waals surface area (Å²) in [6.07, 6.45) is 3.48. The molecule has 5 aromatic carbocycles. The van der Waals surface area contributed by atoms with Crippen LogP contribution in [0.1, 0.15) is 38.3 Å². The summed E-state index contributed by atoms with van der Waals surface area (Å²) >= 11 is 0. The summed E-state index contributed by atoms with van der Waals surface area (Å²) in [4.78, 5) is 18.8. The van der Waals surface area contributed by atoms with Gasteiger partial charge in [0.2, 0.25) is 5.78 Å². The molecule has 6 aromatic rings. The Morgan fingerprint density at radius 1 is 0.615 bits per heavy atom. The van der Waals surface area contributed by atoms with E-state index >= 15 is 0 Å². The molecule has 188 valence electrons. The Hall–Kier alpha value is -5.02. The lowest BCUT2D eigenvalue weighted by molar-refractivity contribution is 0.102. The van der Waals surface area contributed by atoms with Gasteiger partial charge in [-0.1, -0.05) is 140 Å². The highest BCUT2D eigenvalue weighted by Gasteiger charge is 2.40. The second kappa shape index (κ2) is 10.4. The molecule has 3 nitrogen and oxygen atoms in total. The number of imidazole rings is 1. The first kappa shape index (κ1) is 24.3. The predicted molar refractivity (Wildman–Crippen MR) is 157 cm³/mol. The Morgan fingerprint density at radius 3 is 1.59 bits per heavy atom. The fourth-order valence-electron chi connectivity index (χ4n) is 5.55. The van der Waals surface area contributed by atoms with E-state index in [0.717, 1.165) is 33.4 Å². The molecule has 0 aliphatic rings. The Labute approximate surface area is 229 Å². The molecule has 1 heterocycles. The van der Waals surface area contributed by atoms with Crippen molar-refractivity contribution >= 4 is 5.78 Å². The lowest BCUT2D eigenvalue weighted by Crippen LogP contribution is -2.39. The van der Waals surface area contributed by atoms with Gasteiger partial charge >= 0.3 is 0 Å². The summed E-state index contributed by atoms with van der Waals surface area (Å²) in [6.45, 7) is 2.00. The van der Waals surface area contributed by atoms with Gasteiger partial charge in [0.05, 0.1) is 12.5 Å². The van der Waals surface area contributed by atoms with Crippen LogP contribution in [-0.4, -0.2) is 15.3 Å². The molecular weight excluding hydrogens is 476 g/mol. The number of benzene rings is 5. The fraction of sp³-hybridized carbons (Fsp3) is 0.0556. The molecule has 0 saturated heterocycles. The zero-order valence-corrected chi connectivity index (χ0v) is 21.7. The number of hydrogen-bond acceptors (Lipinski definition) is 2. The van der Waals surface area contributed by atoms with Gasteiger partial charge in [0, 0.05) is 5.56 Å². The number of ketones is 1. The van der Waals surface area contributed by atoms with E-state index in [-0.39, 0.29) is 5.78 Å². The Kier molecular flexibility index (Phi) is 6.48. The van der Waals surface area contributed by atoms with E-state index in [1.165, 1.54) is 0 Å². The van der Waals surface area contributed by atoms with E-state index in [2.05, 4.69) is 59.6 Å². The minimum atomic E-state index is -0.802. The van der Waals surface area contributed by atoms with Crippen molar-refractivity contribution in [2.75, 3.05) is 0 Å². The zero-order valence-electron chi connectivity index (χ0n) is 21.7. The lowest BCUT2D eigenvalue weighted by Gasteiger charge is -2.38. The molecule has 3 heteroatoms. The molecule has 6 rings (SSSR count). The van der Waals surface area contributed by atoms with Crippen molar-refractivity contribution in [2.24, 2.45) is 0 Å². The van der Waals surface area contributed by atoms with Crippen LogP contribution in [0.4, 0.5) is 0 Å². The van der Waals surface area contributed by atoms with Crippen LogP contribution in [0.5, 0.6) is 0 Å². The molecular formula is C36H28N2O. The van der Waals surface area contributed by atoms with Crippen molar-refractivity contribution in [1.82, 2.24) is 9.55 Å². The standard InChI is InChI=1S/C36H28N2O/c1-27-24-29(28-14-6-2-7-15-28)22-23-33(27)35(39)34-25-37-26-38(34)36(30-16-8-3-9-17-30,31-18-10-4-11-19-31)32-20-12-5-13-21-32/h2-26H,1H3. The summed E-state index contributed by atoms with van der Waals surface area (Å²) in [5.41, 5.74) is 6.68. The summed E-state index contributed by atoms with van der Waals surface area (Å²) in [7, 11) is 0. The van der Waals surface area contributed by atoms with E-state index in [0.29, 0.717) is 11.3 Å². The summed E-state index contributed by atoms with van der Waals surface area (Å²) in [6, 6.07) is 47.3. The molecule has 0 spiro atoms. The maximum absolute atomic E-state index is 14.3. The summed E-state index contributed by atoms with van der Waals surface area (Å²) in [5, 5.41) is 0. The Morgan fingerprint density at radius 2 is 1.10 bits per heavy atom. The van der Waals surface area contributed by atoms with Gasteiger partial charge in [0.25, 0.3) is 0 Å². The fourth-order valence-corrected chi connectivity index (χ4v) is 5.55. The number of hydrogen-bond donors (Lipinski definition) is 0. The second-order valence-electron chi connectivity index (χ2n) is 9.68. The maximum Gasteiger partial charge on any atom is 0.211 e. The SMILES string of the molecule is Cc1cc(-c2ccccc2)ccc1C(=O)c1cncn1C(c1ccccc1)(c1ccccc1)c1ccccc1. The van der Waals surface area contributed by atoms with E-state index in [4.69, 9.17) is 0 Å². The molecule has 1 aromatic heterocycles. The van der Waals surface area contributed by atoms with Gasteiger partial charge < -0.3 is 4.57 Å². The van der Waals surface area contributed by atoms with E-state index in [9.17, 15) is 4.79 Å². The molecule has 0 N–H and O–H groups in total. The van der Waals surface area contributed by atoms with Crippen molar-refractivity contribution in [2.45, 2.75) is 12.5 Å². The quantitative estimate of drug-likeness (QED) is 0.163. The van der Waals surface area contributed by atoms with Crippen LogP contribution in [0.3, 0.4) is 0 Å². The van der Waals surface area contributed by atoms with Crippen molar-refractivity contribution in [3.8, 4) is 11.1 Å². The van der Waals surface area contributed by atoms with Crippen LogP contribution in [-0.2, 0) is 5.54 Å². The molecule has 0 aliphatic carbocycles. The smallest absolute Gasteiger partial charge is 0.211 e. The predicted octanol–water partition coefficient (Wildman–Crippen LogP) is 7.93. The molecule has 39 heavy (non-hydrogen) atoms. The lowest BCUT2D eigenvalue weighted by atomic mass is 9.76. The zero-order chi connectivity index (χ0) is 26.7. The van der Waals surface area contributed by atoms with Gasteiger partial charge in [-0.05, 0) is 40.3 Å². The van der Waals surface area contributed by atoms with Crippen LogP contribution in [0, 0.1) is 6.92 Å².